The van der Waals surface area contributed by atoms with Gasteiger partial charge in [-0.2, -0.15) is 0 Å². The fourth-order valence-corrected chi connectivity index (χ4v) is 2.52. The summed E-state index contributed by atoms with van der Waals surface area (Å²) in [6.45, 7) is 2.14. The van der Waals surface area contributed by atoms with Crippen molar-refractivity contribution in [1.29, 1.82) is 0 Å². The standard InChI is InChI=1S/C13H17N3O4/c1-9(18)14-12-7-10(16(19)20)4-5-13(12)15-6-2-3-11(15)8-17/h4-5,7,11,17H,2-3,6,8H2,1H3,(H,14,18). The number of anilines is 2. The lowest BCUT2D eigenvalue weighted by Gasteiger charge is -2.27. The van der Waals surface area contributed by atoms with E-state index in [0.717, 1.165) is 19.4 Å². The van der Waals surface area contributed by atoms with E-state index in [2.05, 4.69) is 5.32 Å². The van der Waals surface area contributed by atoms with Crippen molar-refractivity contribution in [2.75, 3.05) is 23.4 Å². The smallest absolute Gasteiger partial charge is 0.271 e. The Morgan fingerprint density at radius 1 is 1.60 bits per heavy atom. The number of hydrogen-bond donors (Lipinski definition) is 2. The van der Waals surface area contributed by atoms with Gasteiger partial charge in [0.2, 0.25) is 5.91 Å². The lowest BCUT2D eigenvalue weighted by Crippen LogP contribution is -2.32. The Morgan fingerprint density at radius 2 is 2.35 bits per heavy atom. The number of aliphatic hydroxyl groups is 1. The number of amides is 1. The number of nitro groups is 1. The van der Waals surface area contributed by atoms with Gasteiger partial charge in [-0.25, -0.2) is 0 Å². The lowest BCUT2D eigenvalue weighted by atomic mass is 10.2. The molecule has 2 N–H and O–H groups in total. The van der Waals surface area contributed by atoms with Gasteiger partial charge >= 0.3 is 0 Å². The van der Waals surface area contributed by atoms with Crippen LogP contribution in [0, 0.1) is 10.1 Å². The maximum Gasteiger partial charge on any atom is 0.271 e. The van der Waals surface area contributed by atoms with Crippen LogP contribution in [0.1, 0.15) is 19.8 Å². The molecule has 1 fully saturated rings. The highest BCUT2D eigenvalue weighted by atomic mass is 16.6. The first-order chi connectivity index (χ1) is 9.52. The molecule has 20 heavy (non-hydrogen) atoms. The summed E-state index contributed by atoms with van der Waals surface area (Å²) in [4.78, 5) is 23.6. The minimum absolute atomic E-state index is 0.0102. The normalized spacial score (nSPS) is 18.1. The quantitative estimate of drug-likeness (QED) is 0.643. The molecule has 1 aromatic carbocycles. The third kappa shape index (κ3) is 2.88. The van der Waals surface area contributed by atoms with Crippen molar-refractivity contribution in [3.63, 3.8) is 0 Å². The first-order valence-electron chi connectivity index (χ1n) is 6.46. The molecule has 1 saturated heterocycles. The molecule has 1 aliphatic heterocycles. The number of aliphatic hydroxyl groups excluding tert-OH is 1. The highest BCUT2D eigenvalue weighted by Crippen LogP contribution is 2.34. The fourth-order valence-electron chi connectivity index (χ4n) is 2.52. The van der Waals surface area contributed by atoms with Gasteiger partial charge in [-0.1, -0.05) is 0 Å². The number of nitrogens with zero attached hydrogens (tertiary/aromatic N) is 2. The first-order valence-corrected chi connectivity index (χ1v) is 6.46. The van der Waals surface area contributed by atoms with Crippen LogP contribution in [0.5, 0.6) is 0 Å². The topological polar surface area (TPSA) is 95.7 Å². The number of hydrogen-bond acceptors (Lipinski definition) is 5. The second kappa shape index (κ2) is 5.87. The summed E-state index contributed by atoms with van der Waals surface area (Å²) in [7, 11) is 0. The van der Waals surface area contributed by atoms with Gasteiger partial charge < -0.3 is 15.3 Å². The molecule has 0 saturated carbocycles. The minimum Gasteiger partial charge on any atom is -0.394 e. The second-order valence-corrected chi connectivity index (χ2v) is 4.81. The molecule has 0 aliphatic carbocycles. The molecule has 108 valence electrons. The van der Waals surface area contributed by atoms with E-state index in [1.54, 1.807) is 6.07 Å². The summed E-state index contributed by atoms with van der Waals surface area (Å²) in [5, 5.41) is 22.8. The zero-order valence-electron chi connectivity index (χ0n) is 11.2. The molecule has 7 nitrogen and oxygen atoms in total. The Bertz CT molecular complexity index is 532. The number of carbonyl (C=O) groups is 1. The number of nitro benzene ring substituents is 1. The maximum absolute atomic E-state index is 11.3. The van der Waals surface area contributed by atoms with Crippen molar-refractivity contribution in [2.24, 2.45) is 0 Å². The Hall–Kier alpha value is -2.15. The van der Waals surface area contributed by atoms with Crippen LogP contribution in [0.15, 0.2) is 18.2 Å². The molecule has 1 amide bonds. The molecule has 0 aromatic heterocycles. The molecule has 1 unspecified atom stereocenters. The van der Waals surface area contributed by atoms with Crippen LogP contribution in [-0.2, 0) is 4.79 Å². The van der Waals surface area contributed by atoms with E-state index in [9.17, 15) is 20.0 Å². The van der Waals surface area contributed by atoms with Crippen molar-refractivity contribution < 1.29 is 14.8 Å². The van der Waals surface area contributed by atoms with E-state index in [-0.39, 0.29) is 24.2 Å². The van der Waals surface area contributed by atoms with Gasteiger partial charge in [-0.15, -0.1) is 0 Å². The molecule has 7 heteroatoms. The number of non-ortho nitro benzene ring substituents is 1. The average molecular weight is 279 g/mol. The fraction of sp³-hybridized carbons (Fsp3) is 0.462. The summed E-state index contributed by atoms with van der Waals surface area (Å²) >= 11 is 0. The van der Waals surface area contributed by atoms with Crippen LogP contribution in [0.2, 0.25) is 0 Å². The molecule has 2 rings (SSSR count). The molecule has 1 aliphatic rings. The molecular formula is C13H17N3O4. The van der Waals surface area contributed by atoms with Crippen molar-refractivity contribution in [3.05, 3.63) is 28.3 Å². The number of rotatable bonds is 4. The van der Waals surface area contributed by atoms with Crippen LogP contribution in [0.3, 0.4) is 0 Å². The third-order valence-electron chi connectivity index (χ3n) is 3.40. The van der Waals surface area contributed by atoms with E-state index in [1.807, 2.05) is 4.90 Å². The van der Waals surface area contributed by atoms with Gasteiger partial charge in [0.1, 0.15) is 0 Å². The predicted molar refractivity (Wildman–Crippen MR) is 74.9 cm³/mol. The molecule has 1 aromatic rings. The molecule has 0 spiro atoms. The Morgan fingerprint density at radius 3 is 2.95 bits per heavy atom. The maximum atomic E-state index is 11.3. The van der Waals surface area contributed by atoms with E-state index < -0.39 is 4.92 Å². The van der Waals surface area contributed by atoms with Crippen LogP contribution < -0.4 is 10.2 Å². The number of carbonyl (C=O) groups excluding carboxylic acids is 1. The van der Waals surface area contributed by atoms with Crippen molar-refractivity contribution in [1.82, 2.24) is 0 Å². The lowest BCUT2D eigenvalue weighted by molar-refractivity contribution is -0.384. The zero-order chi connectivity index (χ0) is 14.7. The average Bonchev–Trinajstić information content (AvgIpc) is 2.85. The van der Waals surface area contributed by atoms with Gasteiger partial charge in [0.05, 0.1) is 28.9 Å². The second-order valence-electron chi connectivity index (χ2n) is 4.81. The number of benzene rings is 1. The van der Waals surface area contributed by atoms with Crippen molar-refractivity contribution in [3.8, 4) is 0 Å². The summed E-state index contributed by atoms with van der Waals surface area (Å²) in [5.41, 5.74) is 1.05. The Balaban J connectivity index is 2.40. The van der Waals surface area contributed by atoms with Gasteiger partial charge in [0, 0.05) is 25.6 Å². The molecule has 1 heterocycles. The molecular weight excluding hydrogens is 262 g/mol. The van der Waals surface area contributed by atoms with Gasteiger partial charge in [-0.05, 0) is 18.9 Å². The van der Waals surface area contributed by atoms with E-state index >= 15 is 0 Å². The summed E-state index contributed by atoms with van der Waals surface area (Å²) in [6.07, 6.45) is 1.81. The largest absolute Gasteiger partial charge is 0.394 e. The molecule has 0 radical (unpaired) electrons. The van der Waals surface area contributed by atoms with E-state index in [4.69, 9.17) is 0 Å². The van der Waals surface area contributed by atoms with Crippen LogP contribution in [-0.4, -0.2) is 35.1 Å². The third-order valence-corrected chi connectivity index (χ3v) is 3.40. The highest BCUT2D eigenvalue weighted by Gasteiger charge is 2.26. The Kier molecular flexibility index (Phi) is 4.19. The summed E-state index contributed by atoms with van der Waals surface area (Å²) < 4.78 is 0. The molecule has 1 atom stereocenters. The SMILES string of the molecule is CC(=O)Nc1cc([N+](=O)[O-])ccc1N1CCCC1CO. The monoisotopic (exact) mass is 279 g/mol. The highest BCUT2D eigenvalue weighted by molar-refractivity contribution is 5.93. The zero-order valence-corrected chi connectivity index (χ0v) is 11.2. The van der Waals surface area contributed by atoms with Crippen LogP contribution in [0.25, 0.3) is 0 Å². The summed E-state index contributed by atoms with van der Waals surface area (Å²) in [6, 6.07) is 4.37. The number of nitrogens with one attached hydrogen (secondary N) is 1. The van der Waals surface area contributed by atoms with Gasteiger partial charge in [0.15, 0.2) is 0 Å². The van der Waals surface area contributed by atoms with Crippen LogP contribution in [0.4, 0.5) is 17.1 Å². The molecule has 0 bridgehead atoms. The van der Waals surface area contributed by atoms with Crippen LogP contribution >= 0.6 is 0 Å². The predicted octanol–water partition coefficient (Wildman–Crippen LogP) is 1.51. The Labute approximate surface area is 116 Å². The van der Waals surface area contributed by atoms with E-state index in [1.165, 1.54) is 19.1 Å². The summed E-state index contributed by atoms with van der Waals surface area (Å²) in [5.74, 6) is -0.286. The minimum atomic E-state index is -0.497. The van der Waals surface area contributed by atoms with Crippen molar-refractivity contribution >= 4 is 23.0 Å². The van der Waals surface area contributed by atoms with Gasteiger partial charge in [-0.3, -0.25) is 14.9 Å². The van der Waals surface area contributed by atoms with Crippen molar-refractivity contribution in [2.45, 2.75) is 25.8 Å². The van der Waals surface area contributed by atoms with Gasteiger partial charge in [0.25, 0.3) is 5.69 Å². The first kappa shape index (κ1) is 14.3. The van der Waals surface area contributed by atoms with E-state index in [0.29, 0.717) is 11.4 Å².